The first-order valence-electron chi connectivity index (χ1n) is 12.4. The van der Waals surface area contributed by atoms with E-state index in [9.17, 15) is 16.3 Å². The van der Waals surface area contributed by atoms with Crippen LogP contribution in [0, 0.1) is 33.9 Å². The number of hydrogen-bond donors (Lipinski definition) is 4. The number of nitriles is 2. The largest absolute Gasteiger partial charge is 0.382 e. The molecule has 2 aromatic carbocycles. The molecule has 5 rings (SSSR count). The number of hydrazine groups is 2. The van der Waals surface area contributed by atoms with E-state index in [0.29, 0.717) is 56.7 Å². The summed E-state index contributed by atoms with van der Waals surface area (Å²) in [6, 6.07) is 12.4. The summed E-state index contributed by atoms with van der Waals surface area (Å²) >= 11 is 6.65. The van der Waals surface area contributed by atoms with Gasteiger partial charge < -0.3 is 16.1 Å². The SMILES string of the molecule is [2H][C@](Nc1cc(Cl)c2ncc(C#N)c(NCC(C)(C)C#N)c2c1)(C1=CN(C2CC2)NN1)c1ccc(F)cc1. The Labute approximate surface area is 221 Å². The highest BCUT2D eigenvalue weighted by Crippen LogP contribution is 2.37. The molecular formula is C27H26ClFN8. The number of anilines is 2. The normalized spacial score (nSPS) is 17.2. The summed E-state index contributed by atoms with van der Waals surface area (Å²) in [4.78, 5) is 4.38. The molecular weight excluding hydrogens is 491 g/mol. The Kier molecular flexibility index (Phi) is 6.17. The van der Waals surface area contributed by atoms with E-state index in [-0.39, 0.29) is 0 Å². The van der Waals surface area contributed by atoms with Crippen LogP contribution < -0.4 is 21.6 Å². The molecule has 2 aliphatic rings. The second kappa shape index (κ2) is 9.78. The highest BCUT2D eigenvalue weighted by molar-refractivity contribution is 6.35. The van der Waals surface area contributed by atoms with Crippen LogP contribution in [0.3, 0.4) is 0 Å². The first kappa shape index (κ1) is 23.4. The summed E-state index contributed by atoms with van der Waals surface area (Å²) in [5, 5.41) is 28.5. The van der Waals surface area contributed by atoms with Crippen LogP contribution in [0.1, 0.15) is 45.2 Å². The van der Waals surface area contributed by atoms with Gasteiger partial charge in [-0.3, -0.25) is 9.99 Å². The van der Waals surface area contributed by atoms with Crippen molar-refractivity contribution in [3.8, 4) is 12.1 Å². The van der Waals surface area contributed by atoms with Crippen LogP contribution in [0.4, 0.5) is 15.8 Å². The summed E-state index contributed by atoms with van der Waals surface area (Å²) in [7, 11) is 0. The van der Waals surface area contributed by atoms with Gasteiger partial charge in [0.2, 0.25) is 0 Å². The number of halogens is 2. The van der Waals surface area contributed by atoms with Gasteiger partial charge in [-0.25, -0.2) is 4.39 Å². The van der Waals surface area contributed by atoms with Crippen LogP contribution in [0.15, 0.2) is 54.5 Å². The second-order valence-corrected chi connectivity index (χ2v) is 10.2. The zero-order valence-corrected chi connectivity index (χ0v) is 21.1. The number of hydrogen-bond acceptors (Lipinski definition) is 8. The predicted octanol–water partition coefficient (Wildman–Crippen LogP) is 5.34. The Morgan fingerprint density at radius 2 is 2.05 bits per heavy atom. The van der Waals surface area contributed by atoms with Crippen molar-refractivity contribution < 1.29 is 5.76 Å². The topological polar surface area (TPSA) is 112 Å². The van der Waals surface area contributed by atoms with Crippen molar-refractivity contribution >= 4 is 33.9 Å². The molecule has 0 radical (unpaired) electrons. The van der Waals surface area contributed by atoms with Crippen molar-refractivity contribution in [3.63, 3.8) is 0 Å². The van der Waals surface area contributed by atoms with E-state index in [1.165, 1.54) is 18.3 Å². The minimum absolute atomic E-state index is 0.296. The number of benzene rings is 2. The van der Waals surface area contributed by atoms with Gasteiger partial charge in [0.1, 0.15) is 11.9 Å². The maximum absolute atomic E-state index is 13.8. The Morgan fingerprint density at radius 1 is 1.30 bits per heavy atom. The fourth-order valence-corrected chi connectivity index (χ4v) is 4.28. The van der Waals surface area contributed by atoms with Gasteiger partial charge in [-0.2, -0.15) is 10.5 Å². The maximum atomic E-state index is 13.8. The minimum atomic E-state index is -1.54. The summed E-state index contributed by atoms with van der Waals surface area (Å²) in [6.07, 6.45) is 5.40. The molecule has 188 valence electrons. The molecule has 3 aromatic rings. The van der Waals surface area contributed by atoms with Crippen LogP contribution >= 0.6 is 11.6 Å². The lowest BCUT2D eigenvalue weighted by Crippen LogP contribution is -2.38. The molecule has 2 heterocycles. The van der Waals surface area contributed by atoms with E-state index in [1.807, 2.05) is 11.2 Å². The van der Waals surface area contributed by atoms with Crippen molar-refractivity contribution in [2.24, 2.45) is 5.41 Å². The lowest BCUT2D eigenvalue weighted by molar-refractivity contribution is 0.260. The fraction of sp³-hybridized carbons (Fsp3) is 0.296. The van der Waals surface area contributed by atoms with Crippen molar-refractivity contribution in [1.29, 1.82) is 10.5 Å². The van der Waals surface area contributed by atoms with E-state index in [4.69, 9.17) is 11.6 Å². The van der Waals surface area contributed by atoms with Gasteiger partial charge in [-0.15, -0.1) is 5.53 Å². The molecule has 8 nitrogen and oxygen atoms in total. The van der Waals surface area contributed by atoms with E-state index >= 15 is 0 Å². The first-order chi connectivity index (χ1) is 18.1. The lowest BCUT2D eigenvalue weighted by atomic mass is 9.95. The Hall–Kier alpha value is -4.05. The molecule has 1 aromatic heterocycles. The minimum Gasteiger partial charge on any atom is -0.382 e. The number of aromatic nitrogens is 1. The number of pyridine rings is 1. The molecule has 1 aliphatic heterocycles. The van der Waals surface area contributed by atoms with E-state index in [0.717, 1.165) is 12.8 Å². The first-order valence-corrected chi connectivity index (χ1v) is 12.3. The standard InChI is InChI=1S/C27H26ClFN8/c1-27(2,14-31)15-33-24-17(11-30)12-32-26-21(24)9-19(10-22(26)28)34-25(16-3-5-18(29)6-4-16)23-13-37(36-35-23)20-7-8-20/h3-6,9-10,12-13,20,25,34-36H,7-8,15H2,1-2H3,(H,32,33)/t25-/m1/s1/i25D. The molecule has 10 heteroatoms. The monoisotopic (exact) mass is 517 g/mol. The van der Waals surface area contributed by atoms with Gasteiger partial charge >= 0.3 is 0 Å². The lowest BCUT2D eigenvalue weighted by Gasteiger charge is -2.23. The average molecular weight is 518 g/mol. The summed E-state index contributed by atoms with van der Waals surface area (Å²) in [6.45, 7) is 3.89. The van der Waals surface area contributed by atoms with Crippen molar-refractivity contribution in [1.82, 2.24) is 21.0 Å². The van der Waals surface area contributed by atoms with Gasteiger partial charge in [0.05, 0.1) is 46.4 Å². The molecule has 0 amide bonds. The number of nitrogens with one attached hydrogen (secondary N) is 4. The fourth-order valence-electron chi connectivity index (χ4n) is 4.02. The summed E-state index contributed by atoms with van der Waals surface area (Å²) in [5.41, 5.74) is 8.31. The second-order valence-electron chi connectivity index (χ2n) is 9.79. The summed E-state index contributed by atoms with van der Waals surface area (Å²) in [5.74, 6) is -0.401. The Morgan fingerprint density at radius 3 is 2.73 bits per heavy atom. The summed E-state index contributed by atoms with van der Waals surface area (Å²) < 4.78 is 23.3. The smallest absolute Gasteiger partial charge is 0.123 e. The van der Waals surface area contributed by atoms with Crippen LogP contribution in [0.25, 0.3) is 10.9 Å². The molecule has 0 saturated heterocycles. The van der Waals surface area contributed by atoms with Crippen molar-refractivity contribution in [2.75, 3.05) is 17.2 Å². The zero-order chi connectivity index (χ0) is 27.1. The Bertz CT molecular complexity index is 1510. The van der Waals surface area contributed by atoms with E-state index in [2.05, 4.69) is 38.7 Å². The Balaban J connectivity index is 1.59. The maximum Gasteiger partial charge on any atom is 0.123 e. The molecule has 4 N–H and O–H groups in total. The molecule has 1 saturated carbocycles. The molecule has 1 aliphatic carbocycles. The molecule has 37 heavy (non-hydrogen) atoms. The number of fused-ring (bicyclic) bond motifs is 1. The number of rotatable bonds is 8. The average Bonchev–Trinajstić information content (AvgIpc) is 3.63. The highest BCUT2D eigenvalue weighted by atomic mass is 35.5. The van der Waals surface area contributed by atoms with Gasteiger partial charge in [-0.1, -0.05) is 23.7 Å². The van der Waals surface area contributed by atoms with Gasteiger partial charge in [0.25, 0.3) is 0 Å². The molecule has 0 unspecified atom stereocenters. The van der Waals surface area contributed by atoms with Gasteiger partial charge in [0.15, 0.2) is 0 Å². The predicted molar refractivity (Wildman–Crippen MR) is 141 cm³/mol. The third-order valence-electron chi connectivity index (χ3n) is 6.25. The van der Waals surface area contributed by atoms with Crippen molar-refractivity contribution in [3.05, 3.63) is 76.5 Å². The molecule has 1 fully saturated rings. The molecule has 0 bridgehead atoms. The van der Waals surface area contributed by atoms with Crippen molar-refractivity contribution in [2.45, 2.75) is 38.7 Å². The zero-order valence-electron chi connectivity index (χ0n) is 21.4. The third-order valence-corrected chi connectivity index (χ3v) is 6.54. The third kappa shape index (κ3) is 5.24. The van der Waals surface area contributed by atoms with Gasteiger partial charge in [0, 0.05) is 36.1 Å². The quantitative estimate of drug-likeness (QED) is 0.317. The van der Waals surface area contributed by atoms with E-state index < -0.39 is 17.3 Å². The van der Waals surface area contributed by atoms with Crippen LogP contribution in [-0.2, 0) is 0 Å². The number of nitrogens with zero attached hydrogens (tertiary/aromatic N) is 4. The van der Waals surface area contributed by atoms with Gasteiger partial charge in [-0.05, 0) is 56.5 Å². The molecule has 0 spiro atoms. The highest BCUT2D eigenvalue weighted by Gasteiger charge is 2.32. The molecule has 1 atom stereocenters. The van der Waals surface area contributed by atoms with Crippen LogP contribution in [0.2, 0.25) is 5.02 Å². The van der Waals surface area contributed by atoms with E-state index in [1.54, 1.807) is 38.1 Å². The van der Waals surface area contributed by atoms with Crippen LogP contribution in [-0.4, -0.2) is 22.6 Å². The van der Waals surface area contributed by atoms with Crippen LogP contribution in [0.5, 0.6) is 0 Å².